The summed E-state index contributed by atoms with van der Waals surface area (Å²) >= 11 is 0. The van der Waals surface area contributed by atoms with E-state index in [1.807, 2.05) is 20.8 Å². The molecular weight excluding hydrogens is 435 g/mol. The number of hydrogen-bond donors (Lipinski definition) is 3. The van der Waals surface area contributed by atoms with E-state index in [9.17, 15) is 30.0 Å². The molecule has 0 saturated heterocycles. The van der Waals surface area contributed by atoms with Gasteiger partial charge in [0.1, 0.15) is 6.10 Å². The molecule has 0 spiro atoms. The van der Waals surface area contributed by atoms with E-state index in [0.29, 0.717) is 25.7 Å². The first-order valence-corrected chi connectivity index (χ1v) is 11.8. The zero-order chi connectivity index (χ0) is 24.1. The molecule has 2 aliphatic carbocycles. The standard InChI is InChI=1S/C25H40O7.Na/c1-5-25(3,4)24(31)32-21-11-16(14-26)10-17-7-6-15(2)20(23(17)21)9-8-18(27)12-19(28)13-22(29)30;/h6-7,10,15-16,18-21,23,26-28H,5,8-9,11-14H2,1-4H3,(H,29,30);/q;+1/p-1/t15-,16?,18-,19+,20-,21-,23-;/m0./s1. The molecule has 2 rings (SSSR count). The predicted molar refractivity (Wildman–Crippen MR) is 118 cm³/mol. The van der Waals surface area contributed by atoms with Gasteiger partial charge in [-0.15, -0.1) is 0 Å². The van der Waals surface area contributed by atoms with Crippen LogP contribution in [0.1, 0.15) is 66.2 Å². The molecular formula is C25H39NaO7. The van der Waals surface area contributed by atoms with E-state index in [2.05, 4.69) is 25.2 Å². The van der Waals surface area contributed by atoms with Crippen LogP contribution in [0.3, 0.4) is 0 Å². The van der Waals surface area contributed by atoms with Crippen LogP contribution < -0.4 is 34.7 Å². The number of aliphatic hydroxyl groups excluding tert-OH is 3. The van der Waals surface area contributed by atoms with Crippen molar-refractivity contribution in [3.05, 3.63) is 23.8 Å². The summed E-state index contributed by atoms with van der Waals surface area (Å²) in [6.45, 7) is 7.78. The number of aliphatic hydroxyl groups is 3. The van der Waals surface area contributed by atoms with Crippen LogP contribution >= 0.6 is 0 Å². The monoisotopic (exact) mass is 474 g/mol. The number of hydrogen-bond acceptors (Lipinski definition) is 7. The van der Waals surface area contributed by atoms with Crippen molar-refractivity contribution >= 4 is 11.9 Å². The van der Waals surface area contributed by atoms with Crippen LogP contribution in [-0.2, 0) is 14.3 Å². The van der Waals surface area contributed by atoms with Gasteiger partial charge in [-0.3, -0.25) is 4.79 Å². The smallest absolute Gasteiger partial charge is 0.550 e. The first-order valence-electron chi connectivity index (χ1n) is 11.8. The van der Waals surface area contributed by atoms with Crippen molar-refractivity contribution in [2.45, 2.75) is 84.5 Å². The molecule has 7 nitrogen and oxygen atoms in total. The van der Waals surface area contributed by atoms with Crippen LogP contribution in [0.4, 0.5) is 0 Å². The molecule has 0 heterocycles. The predicted octanol–water partition coefficient (Wildman–Crippen LogP) is -1.25. The van der Waals surface area contributed by atoms with Gasteiger partial charge in [-0.05, 0) is 63.4 Å². The largest absolute Gasteiger partial charge is 1.00 e. The summed E-state index contributed by atoms with van der Waals surface area (Å²) in [7, 11) is 0. The molecule has 0 aromatic carbocycles. The maximum atomic E-state index is 12.9. The van der Waals surface area contributed by atoms with E-state index in [4.69, 9.17) is 4.74 Å². The van der Waals surface area contributed by atoms with Crippen LogP contribution in [-0.4, -0.2) is 52.2 Å². The van der Waals surface area contributed by atoms with Crippen molar-refractivity contribution in [2.24, 2.45) is 29.1 Å². The number of carboxylic acids is 1. The molecule has 0 aromatic rings. The molecule has 182 valence electrons. The molecule has 0 saturated carbocycles. The van der Waals surface area contributed by atoms with E-state index in [1.165, 1.54) is 0 Å². The average molecular weight is 475 g/mol. The number of carbonyl (C=O) groups excluding carboxylic acids is 2. The molecule has 0 aliphatic heterocycles. The van der Waals surface area contributed by atoms with E-state index >= 15 is 0 Å². The van der Waals surface area contributed by atoms with Crippen molar-refractivity contribution in [3.8, 4) is 0 Å². The van der Waals surface area contributed by atoms with Crippen molar-refractivity contribution in [3.63, 3.8) is 0 Å². The van der Waals surface area contributed by atoms with Crippen molar-refractivity contribution < 1.29 is 64.3 Å². The fraction of sp³-hybridized carbons (Fsp3) is 0.760. The van der Waals surface area contributed by atoms with Crippen LogP contribution in [0.25, 0.3) is 0 Å². The summed E-state index contributed by atoms with van der Waals surface area (Å²) in [6, 6.07) is 0. The second-order valence-electron chi connectivity index (χ2n) is 10.1. The minimum Gasteiger partial charge on any atom is -0.550 e. The minimum atomic E-state index is -1.34. The zero-order valence-corrected chi connectivity index (χ0v) is 22.7. The first-order chi connectivity index (χ1) is 15.0. The van der Waals surface area contributed by atoms with Crippen molar-refractivity contribution in [2.75, 3.05) is 6.61 Å². The second-order valence-corrected chi connectivity index (χ2v) is 10.1. The molecule has 0 fully saturated rings. The Morgan fingerprint density at radius 1 is 1.27 bits per heavy atom. The zero-order valence-electron chi connectivity index (χ0n) is 20.7. The third-order valence-electron chi connectivity index (χ3n) is 7.19. The molecule has 0 bridgehead atoms. The molecule has 8 heteroatoms. The maximum absolute atomic E-state index is 12.9. The Kier molecular flexibility index (Phi) is 12.3. The summed E-state index contributed by atoms with van der Waals surface area (Å²) in [4.78, 5) is 23.5. The Hall–Kier alpha value is -0.700. The molecule has 1 unspecified atom stereocenters. The Labute approximate surface area is 219 Å². The molecule has 33 heavy (non-hydrogen) atoms. The Bertz CT molecular complexity index is 718. The third kappa shape index (κ3) is 8.48. The molecule has 0 aromatic heterocycles. The van der Waals surface area contributed by atoms with Gasteiger partial charge < -0.3 is 30.0 Å². The Morgan fingerprint density at radius 3 is 2.52 bits per heavy atom. The van der Waals surface area contributed by atoms with Gasteiger partial charge in [-0.2, -0.15) is 0 Å². The normalized spacial score (nSPS) is 28.7. The average Bonchev–Trinajstić information content (AvgIpc) is 2.72. The van der Waals surface area contributed by atoms with Crippen LogP contribution in [0.5, 0.6) is 0 Å². The fourth-order valence-corrected chi connectivity index (χ4v) is 4.76. The summed E-state index contributed by atoms with van der Waals surface area (Å²) in [5.74, 6) is -1.38. The number of esters is 1. The van der Waals surface area contributed by atoms with Crippen LogP contribution in [0.15, 0.2) is 23.8 Å². The third-order valence-corrected chi connectivity index (χ3v) is 7.19. The van der Waals surface area contributed by atoms with Crippen LogP contribution in [0, 0.1) is 29.1 Å². The second kappa shape index (κ2) is 13.4. The van der Waals surface area contributed by atoms with E-state index < -0.39 is 30.0 Å². The number of ether oxygens (including phenoxy) is 1. The Balaban J connectivity index is 0.00000544. The first kappa shape index (κ1) is 30.3. The number of aliphatic carboxylic acids is 1. The van der Waals surface area contributed by atoms with E-state index in [-0.39, 0.29) is 78.3 Å². The summed E-state index contributed by atoms with van der Waals surface area (Å²) in [5, 5.41) is 40.5. The van der Waals surface area contributed by atoms with Gasteiger partial charge >= 0.3 is 35.5 Å². The van der Waals surface area contributed by atoms with Gasteiger partial charge in [0.25, 0.3) is 0 Å². The maximum Gasteiger partial charge on any atom is 1.00 e. The number of rotatable bonds is 11. The molecule has 3 N–H and O–H groups in total. The molecule has 0 amide bonds. The Morgan fingerprint density at radius 2 is 1.94 bits per heavy atom. The quantitative estimate of drug-likeness (QED) is 0.252. The topological polar surface area (TPSA) is 127 Å². The van der Waals surface area contributed by atoms with Crippen LogP contribution in [0.2, 0.25) is 0 Å². The minimum absolute atomic E-state index is 0. The molecule has 0 radical (unpaired) electrons. The number of carboxylic acid groups (broad SMARTS) is 1. The summed E-state index contributed by atoms with van der Waals surface area (Å²) in [5.41, 5.74) is 0.462. The van der Waals surface area contributed by atoms with Crippen molar-refractivity contribution in [1.29, 1.82) is 0 Å². The number of carbonyl (C=O) groups is 2. The summed E-state index contributed by atoms with van der Waals surface area (Å²) < 4.78 is 6.04. The van der Waals surface area contributed by atoms with Gasteiger partial charge in [-0.25, -0.2) is 0 Å². The molecule has 7 atom stereocenters. The number of fused-ring (bicyclic) bond motifs is 1. The van der Waals surface area contributed by atoms with Gasteiger partial charge in [0.2, 0.25) is 0 Å². The van der Waals surface area contributed by atoms with Gasteiger partial charge in [0, 0.05) is 30.8 Å². The number of allylic oxidation sites excluding steroid dienone is 2. The molecule has 2 aliphatic rings. The van der Waals surface area contributed by atoms with E-state index in [1.54, 1.807) is 0 Å². The van der Waals surface area contributed by atoms with Gasteiger partial charge in [0.05, 0.1) is 17.6 Å². The SMILES string of the molecule is CCC(C)(C)C(=O)O[C@H]1CC(CO)C=C2C=C[C@H](C)[C@H](CC[C@H](O)C[C@@H](O)CC(=O)[O-])[C@H]21.[Na+]. The van der Waals surface area contributed by atoms with Gasteiger partial charge in [-0.1, -0.05) is 32.1 Å². The van der Waals surface area contributed by atoms with Gasteiger partial charge in [0.15, 0.2) is 0 Å². The summed E-state index contributed by atoms with van der Waals surface area (Å²) in [6.07, 6.45) is 5.65. The van der Waals surface area contributed by atoms with Crippen molar-refractivity contribution in [1.82, 2.24) is 0 Å². The van der Waals surface area contributed by atoms with E-state index in [0.717, 1.165) is 5.57 Å². The fourth-order valence-electron chi connectivity index (χ4n) is 4.76.